The number of aliphatic hydroxyl groups excluding tert-OH is 1. The van der Waals surface area contributed by atoms with Crippen molar-refractivity contribution in [2.75, 3.05) is 0 Å². The predicted molar refractivity (Wildman–Crippen MR) is 93.1 cm³/mol. The van der Waals surface area contributed by atoms with Crippen molar-refractivity contribution in [1.29, 1.82) is 0 Å². The Morgan fingerprint density at radius 3 is 2.68 bits per heavy atom. The molecule has 25 heavy (non-hydrogen) atoms. The van der Waals surface area contributed by atoms with E-state index in [-0.39, 0.29) is 16.6 Å². The second kappa shape index (κ2) is 7.54. The highest BCUT2D eigenvalue weighted by Gasteiger charge is 2.52. The Hall–Kier alpha value is -1.91. The minimum absolute atomic E-state index is 0.0676. The van der Waals surface area contributed by atoms with Crippen LogP contribution in [0.5, 0.6) is 0 Å². The summed E-state index contributed by atoms with van der Waals surface area (Å²) < 4.78 is 0.669. The van der Waals surface area contributed by atoms with Crippen molar-refractivity contribution in [2.45, 2.75) is 41.9 Å². The number of thiazole rings is 1. The van der Waals surface area contributed by atoms with Gasteiger partial charge in [-0.25, -0.2) is 9.78 Å². The molecule has 0 bridgehead atoms. The molecule has 8 nitrogen and oxygen atoms in total. The molecule has 136 valence electrons. The van der Waals surface area contributed by atoms with Crippen LogP contribution in [0.1, 0.15) is 30.8 Å². The lowest BCUT2D eigenvalue weighted by Gasteiger charge is -2.49. The highest BCUT2D eigenvalue weighted by atomic mass is 32.2. The highest BCUT2D eigenvalue weighted by Crippen LogP contribution is 2.40. The summed E-state index contributed by atoms with van der Waals surface area (Å²) in [5.74, 6) is -3.00. The summed E-state index contributed by atoms with van der Waals surface area (Å²) in [6.07, 6.45) is -0.467. The first kappa shape index (κ1) is 19.4. The fourth-order valence-corrected chi connectivity index (χ4v) is 5.12. The lowest BCUT2D eigenvalue weighted by molar-refractivity contribution is -0.163. The Morgan fingerprint density at radius 2 is 2.16 bits per heavy atom. The number of primary amides is 1. The Morgan fingerprint density at radius 1 is 1.52 bits per heavy atom. The van der Waals surface area contributed by atoms with Crippen LogP contribution in [0, 0.1) is 5.92 Å². The number of hydrogen-bond acceptors (Lipinski definition) is 7. The van der Waals surface area contributed by atoms with E-state index >= 15 is 0 Å². The fraction of sp³-hybridized carbons (Fsp3) is 0.467. The van der Waals surface area contributed by atoms with Crippen molar-refractivity contribution in [1.82, 2.24) is 9.88 Å². The van der Waals surface area contributed by atoms with Crippen LogP contribution in [0.2, 0.25) is 0 Å². The van der Waals surface area contributed by atoms with Crippen LogP contribution in [0.4, 0.5) is 0 Å². The largest absolute Gasteiger partial charge is 0.477 e. The van der Waals surface area contributed by atoms with Crippen molar-refractivity contribution < 1.29 is 24.6 Å². The molecule has 2 heterocycles. The summed E-state index contributed by atoms with van der Waals surface area (Å²) in [4.78, 5) is 39.7. The van der Waals surface area contributed by atoms with Crippen molar-refractivity contribution in [3.63, 3.8) is 0 Å². The molecule has 2 rings (SSSR count). The topological polar surface area (TPSA) is 134 Å². The molecule has 1 aliphatic heterocycles. The van der Waals surface area contributed by atoms with Crippen molar-refractivity contribution in [3.05, 3.63) is 23.5 Å². The summed E-state index contributed by atoms with van der Waals surface area (Å²) in [6.45, 7) is 6.83. The number of aliphatic carboxylic acids is 1. The number of amides is 2. The van der Waals surface area contributed by atoms with E-state index in [1.165, 1.54) is 35.5 Å². The molecule has 1 aliphatic rings. The maximum Gasteiger partial charge on any atom is 0.351 e. The number of thioether (sulfide) groups is 1. The second-order valence-corrected chi connectivity index (χ2v) is 8.37. The number of hydrogen-bond donors (Lipinski definition) is 3. The summed E-state index contributed by atoms with van der Waals surface area (Å²) in [7, 11) is 0. The number of carbonyl (C=O) groups is 3. The molecule has 0 aromatic carbocycles. The second-order valence-electron chi connectivity index (χ2n) is 5.81. The van der Waals surface area contributed by atoms with Gasteiger partial charge in [-0.05, 0) is 13.3 Å². The minimum Gasteiger partial charge on any atom is -0.477 e. The van der Waals surface area contributed by atoms with Crippen LogP contribution < -0.4 is 5.73 Å². The average molecular weight is 385 g/mol. The van der Waals surface area contributed by atoms with Crippen molar-refractivity contribution >= 4 is 40.9 Å². The molecule has 0 radical (unpaired) electrons. The molecule has 0 spiro atoms. The zero-order valence-electron chi connectivity index (χ0n) is 13.7. The number of rotatable bonds is 8. The number of nitrogens with zero attached hydrogens (tertiary/aromatic N) is 2. The molecule has 4 N–H and O–H groups in total. The molecular weight excluding hydrogens is 366 g/mol. The molecule has 1 fully saturated rings. The smallest absolute Gasteiger partial charge is 0.351 e. The van der Waals surface area contributed by atoms with Gasteiger partial charge in [0.05, 0.1) is 27.8 Å². The molecule has 10 heteroatoms. The third-order valence-corrected chi connectivity index (χ3v) is 6.17. The molecule has 0 saturated carbocycles. The molecule has 4 atom stereocenters. The van der Waals surface area contributed by atoms with Gasteiger partial charge >= 0.3 is 5.97 Å². The van der Waals surface area contributed by atoms with Crippen LogP contribution in [0.15, 0.2) is 22.0 Å². The van der Waals surface area contributed by atoms with E-state index in [4.69, 9.17) is 10.8 Å². The molecule has 0 aliphatic carbocycles. The third-order valence-electron chi connectivity index (χ3n) is 3.98. The molecular formula is C15H19N3O5S2. The van der Waals surface area contributed by atoms with E-state index in [1.54, 1.807) is 0 Å². The molecule has 1 aromatic rings. The van der Waals surface area contributed by atoms with E-state index in [1.807, 2.05) is 6.92 Å². The SMILES string of the molecule is C=C(C(=O)O)N1C(=O)[C@H]([C@@H](C)O)C1CC(C)Sc1scnc1C(N)=O. The number of aliphatic hydroxyl groups is 1. The van der Waals surface area contributed by atoms with Gasteiger partial charge in [-0.1, -0.05) is 13.5 Å². The van der Waals surface area contributed by atoms with Crippen molar-refractivity contribution in [3.8, 4) is 0 Å². The first-order chi connectivity index (χ1) is 11.6. The maximum absolute atomic E-state index is 12.2. The Bertz CT molecular complexity index is 718. The maximum atomic E-state index is 12.2. The summed E-state index contributed by atoms with van der Waals surface area (Å²) in [5, 5.41) is 18.9. The normalized spacial score (nSPS) is 22.2. The monoisotopic (exact) mass is 385 g/mol. The third kappa shape index (κ3) is 3.86. The van der Waals surface area contributed by atoms with Gasteiger partial charge in [0.2, 0.25) is 5.91 Å². The first-order valence-electron chi connectivity index (χ1n) is 7.48. The van der Waals surface area contributed by atoms with Crippen LogP contribution in [0.25, 0.3) is 0 Å². The van der Waals surface area contributed by atoms with Gasteiger partial charge in [-0.2, -0.15) is 0 Å². The molecule has 1 aromatic heterocycles. The number of carboxylic acids is 1. The van der Waals surface area contributed by atoms with Gasteiger partial charge in [0, 0.05) is 5.25 Å². The van der Waals surface area contributed by atoms with Crippen LogP contribution >= 0.6 is 23.1 Å². The molecule has 1 saturated heterocycles. The number of carboxylic acid groups (broad SMARTS) is 1. The Kier molecular flexibility index (Phi) is 5.86. The van der Waals surface area contributed by atoms with E-state index in [9.17, 15) is 19.5 Å². The quantitative estimate of drug-likeness (QED) is 0.344. The molecule has 2 unspecified atom stereocenters. The van der Waals surface area contributed by atoms with E-state index in [0.29, 0.717) is 10.6 Å². The zero-order valence-corrected chi connectivity index (χ0v) is 15.3. The lowest BCUT2D eigenvalue weighted by atomic mass is 9.80. The van der Waals surface area contributed by atoms with Gasteiger partial charge in [-0.3, -0.25) is 9.59 Å². The Balaban J connectivity index is 2.12. The first-order valence-corrected chi connectivity index (χ1v) is 9.24. The van der Waals surface area contributed by atoms with E-state index in [2.05, 4.69) is 11.6 Å². The standard InChI is InChI=1S/C15H19N3O5S2/c1-6(25-15-11(12(16)20)17-5-24-15)4-9-10(8(3)19)13(21)18(9)7(2)14(22)23/h5-6,8-10,19H,2,4H2,1,3H3,(H2,16,20)(H,22,23)/t6?,8-,9?,10-/m1/s1. The van der Waals surface area contributed by atoms with Crippen molar-refractivity contribution in [2.24, 2.45) is 11.7 Å². The van der Waals surface area contributed by atoms with E-state index < -0.39 is 35.8 Å². The predicted octanol–water partition coefficient (Wildman–Crippen LogP) is 0.919. The van der Waals surface area contributed by atoms with Gasteiger partial charge in [0.25, 0.3) is 5.91 Å². The fourth-order valence-electron chi connectivity index (χ4n) is 2.84. The van der Waals surface area contributed by atoms with Crippen LogP contribution in [0.3, 0.4) is 0 Å². The van der Waals surface area contributed by atoms with Gasteiger partial charge in [0.1, 0.15) is 5.70 Å². The van der Waals surface area contributed by atoms with Gasteiger partial charge in [0.15, 0.2) is 5.69 Å². The Labute approximate surface area is 152 Å². The van der Waals surface area contributed by atoms with E-state index in [0.717, 1.165) is 4.90 Å². The molecule has 2 amide bonds. The van der Waals surface area contributed by atoms with Gasteiger partial charge in [-0.15, -0.1) is 23.1 Å². The zero-order chi connectivity index (χ0) is 18.9. The lowest BCUT2D eigenvalue weighted by Crippen LogP contribution is -2.64. The number of β-lactam (4-membered cyclic amide) rings is 1. The summed E-state index contributed by atoms with van der Waals surface area (Å²) >= 11 is 2.67. The number of aromatic nitrogens is 1. The van der Waals surface area contributed by atoms with Gasteiger partial charge < -0.3 is 20.8 Å². The van der Waals surface area contributed by atoms with Crippen LogP contribution in [-0.2, 0) is 9.59 Å². The number of likely N-dealkylation sites (tertiary alicyclic amines) is 1. The minimum atomic E-state index is -1.28. The highest BCUT2D eigenvalue weighted by molar-refractivity contribution is 8.01. The summed E-state index contributed by atoms with van der Waals surface area (Å²) in [6, 6.07) is -0.469. The van der Waals surface area contributed by atoms with Crippen LogP contribution in [-0.4, -0.2) is 55.3 Å². The summed E-state index contributed by atoms with van der Waals surface area (Å²) in [5.41, 5.74) is 6.70. The average Bonchev–Trinajstić information content (AvgIpc) is 2.94. The number of carbonyl (C=O) groups excluding carboxylic acids is 2. The number of nitrogens with two attached hydrogens (primary N) is 1.